The van der Waals surface area contributed by atoms with E-state index < -0.39 is 21.2 Å². The molecule has 0 amide bonds. The van der Waals surface area contributed by atoms with Crippen molar-refractivity contribution in [1.82, 2.24) is 5.32 Å². The predicted octanol–water partition coefficient (Wildman–Crippen LogP) is -0.209. The van der Waals surface area contributed by atoms with Gasteiger partial charge in [0.15, 0.2) is 0 Å². The molecule has 1 N–H and O–H groups in total. The zero-order valence-corrected chi connectivity index (χ0v) is 10.4. The molecular formula is C8H16ClNO4S. The lowest BCUT2D eigenvalue weighted by atomic mass is 10.4. The Morgan fingerprint density at radius 3 is 2.60 bits per heavy atom. The molecule has 0 saturated carbocycles. The van der Waals surface area contributed by atoms with Crippen molar-refractivity contribution >= 4 is 27.4 Å². The predicted molar refractivity (Wildman–Crippen MR) is 58.9 cm³/mol. The van der Waals surface area contributed by atoms with Gasteiger partial charge in [-0.3, -0.25) is 4.79 Å². The Hall–Kier alpha value is -0.330. The number of ether oxygens (including phenoxy) is 1. The lowest BCUT2D eigenvalue weighted by Crippen LogP contribution is -2.31. The number of carbonyl (C=O) groups is 1. The van der Waals surface area contributed by atoms with Crippen LogP contribution in [0.15, 0.2) is 0 Å². The van der Waals surface area contributed by atoms with Gasteiger partial charge in [0.1, 0.15) is 15.2 Å². The lowest BCUT2D eigenvalue weighted by Gasteiger charge is -2.08. The second-order valence-electron chi connectivity index (χ2n) is 3.18. The first kappa shape index (κ1) is 14.7. The SMILES string of the molecule is COC(=O)C(Cl)CNCCCS(C)(=O)=O. The van der Waals surface area contributed by atoms with Crippen molar-refractivity contribution in [2.45, 2.75) is 11.8 Å². The number of rotatable bonds is 7. The van der Waals surface area contributed by atoms with Gasteiger partial charge in [-0.15, -0.1) is 11.6 Å². The third-order valence-electron chi connectivity index (χ3n) is 1.65. The molecule has 1 unspecified atom stereocenters. The van der Waals surface area contributed by atoms with Crippen LogP contribution < -0.4 is 5.32 Å². The zero-order chi connectivity index (χ0) is 11.9. The van der Waals surface area contributed by atoms with Crippen LogP contribution in [0.4, 0.5) is 0 Å². The molecule has 7 heteroatoms. The minimum absolute atomic E-state index is 0.130. The molecule has 0 radical (unpaired) electrons. The summed E-state index contributed by atoms with van der Waals surface area (Å²) in [5.41, 5.74) is 0. The first-order chi connectivity index (χ1) is 6.87. The van der Waals surface area contributed by atoms with E-state index in [2.05, 4.69) is 10.1 Å². The summed E-state index contributed by atoms with van der Waals surface area (Å²) in [7, 11) is -1.65. The Kier molecular flexibility index (Phi) is 6.87. The maximum Gasteiger partial charge on any atom is 0.325 e. The van der Waals surface area contributed by atoms with Crippen molar-refractivity contribution < 1.29 is 17.9 Å². The monoisotopic (exact) mass is 257 g/mol. The first-order valence-corrected chi connectivity index (χ1v) is 6.97. The summed E-state index contributed by atoms with van der Waals surface area (Å²) in [6.07, 6.45) is 1.69. The normalized spacial score (nSPS) is 13.5. The van der Waals surface area contributed by atoms with Crippen molar-refractivity contribution in [3.63, 3.8) is 0 Å². The molecule has 5 nitrogen and oxygen atoms in total. The van der Waals surface area contributed by atoms with E-state index in [4.69, 9.17) is 11.6 Å². The molecule has 90 valence electrons. The van der Waals surface area contributed by atoms with Gasteiger partial charge in [-0.25, -0.2) is 8.42 Å². The Morgan fingerprint density at radius 1 is 1.53 bits per heavy atom. The van der Waals surface area contributed by atoms with Crippen LogP contribution in [-0.2, 0) is 19.4 Å². The summed E-state index contributed by atoms with van der Waals surface area (Å²) in [5.74, 6) is -0.363. The fourth-order valence-electron chi connectivity index (χ4n) is 0.899. The average Bonchev–Trinajstić information content (AvgIpc) is 2.14. The summed E-state index contributed by atoms with van der Waals surface area (Å²) in [6, 6.07) is 0. The van der Waals surface area contributed by atoms with Crippen LogP contribution in [-0.4, -0.2) is 52.0 Å². The van der Waals surface area contributed by atoms with Crippen LogP contribution in [0.5, 0.6) is 0 Å². The molecule has 0 aromatic rings. The van der Waals surface area contributed by atoms with Crippen LogP contribution in [0.1, 0.15) is 6.42 Å². The second kappa shape index (κ2) is 7.03. The molecule has 0 aliphatic rings. The van der Waals surface area contributed by atoms with Gasteiger partial charge in [0.05, 0.1) is 12.9 Å². The van der Waals surface area contributed by atoms with E-state index in [0.29, 0.717) is 13.0 Å². The maximum atomic E-state index is 10.8. The fourth-order valence-corrected chi connectivity index (χ4v) is 1.77. The smallest absolute Gasteiger partial charge is 0.325 e. The molecular weight excluding hydrogens is 242 g/mol. The summed E-state index contributed by atoms with van der Waals surface area (Å²) in [5, 5.41) is 2.15. The number of hydrogen-bond donors (Lipinski definition) is 1. The molecule has 0 fully saturated rings. The molecule has 0 aliphatic carbocycles. The van der Waals surface area contributed by atoms with Crippen LogP contribution in [0.25, 0.3) is 0 Å². The third kappa shape index (κ3) is 8.65. The minimum atomic E-state index is -2.91. The zero-order valence-electron chi connectivity index (χ0n) is 8.82. The van der Waals surface area contributed by atoms with Crippen LogP contribution in [0, 0.1) is 0 Å². The summed E-state index contributed by atoms with van der Waals surface area (Å²) < 4.78 is 25.9. The van der Waals surface area contributed by atoms with Crippen LogP contribution >= 0.6 is 11.6 Å². The van der Waals surface area contributed by atoms with E-state index in [1.807, 2.05) is 0 Å². The van der Waals surface area contributed by atoms with Crippen LogP contribution in [0.2, 0.25) is 0 Å². The van der Waals surface area contributed by atoms with Gasteiger partial charge in [-0.05, 0) is 13.0 Å². The van der Waals surface area contributed by atoms with Crippen molar-refractivity contribution in [2.24, 2.45) is 0 Å². The average molecular weight is 258 g/mol. The van der Waals surface area contributed by atoms with E-state index >= 15 is 0 Å². The van der Waals surface area contributed by atoms with Gasteiger partial charge in [0.25, 0.3) is 0 Å². The van der Waals surface area contributed by atoms with E-state index in [1.165, 1.54) is 13.4 Å². The molecule has 0 aromatic carbocycles. The second-order valence-corrected chi connectivity index (χ2v) is 5.96. The highest BCUT2D eigenvalue weighted by Gasteiger charge is 2.14. The number of carbonyl (C=O) groups excluding carboxylic acids is 1. The van der Waals surface area contributed by atoms with Gasteiger partial charge >= 0.3 is 5.97 Å². The van der Waals surface area contributed by atoms with Crippen molar-refractivity contribution in [3.05, 3.63) is 0 Å². The number of esters is 1. The molecule has 0 saturated heterocycles. The number of sulfone groups is 1. The van der Waals surface area contributed by atoms with Crippen molar-refractivity contribution in [2.75, 3.05) is 32.2 Å². The Balaban J connectivity index is 3.51. The molecule has 0 aromatic heterocycles. The van der Waals surface area contributed by atoms with E-state index in [9.17, 15) is 13.2 Å². The third-order valence-corrected chi connectivity index (χ3v) is 3.01. The van der Waals surface area contributed by atoms with Crippen LogP contribution in [0.3, 0.4) is 0 Å². The van der Waals surface area contributed by atoms with E-state index in [1.54, 1.807) is 0 Å². The molecule has 0 spiro atoms. The van der Waals surface area contributed by atoms with Gasteiger partial charge in [-0.2, -0.15) is 0 Å². The van der Waals surface area contributed by atoms with Gasteiger partial charge in [0.2, 0.25) is 0 Å². The number of nitrogens with one attached hydrogen (secondary N) is 1. The van der Waals surface area contributed by atoms with Crippen molar-refractivity contribution in [3.8, 4) is 0 Å². The summed E-state index contributed by atoms with van der Waals surface area (Å²) in [6.45, 7) is 0.783. The molecule has 15 heavy (non-hydrogen) atoms. The fraction of sp³-hybridized carbons (Fsp3) is 0.875. The summed E-state index contributed by atoms with van der Waals surface area (Å²) >= 11 is 5.64. The van der Waals surface area contributed by atoms with E-state index in [-0.39, 0.29) is 12.3 Å². The van der Waals surface area contributed by atoms with Gasteiger partial charge in [0, 0.05) is 12.8 Å². The quantitative estimate of drug-likeness (QED) is 0.388. The van der Waals surface area contributed by atoms with Gasteiger partial charge in [-0.1, -0.05) is 0 Å². The Morgan fingerprint density at radius 2 is 2.13 bits per heavy atom. The highest BCUT2D eigenvalue weighted by atomic mass is 35.5. The largest absolute Gasteiger partial charge is 0.468 e. The molecule has 0 heterocycles. The number of hydrogen-bond acceptors (Lipinski definition) is 5. The molecule has 0 rings (SSSR count). The highest BCUT2D eigenvalue weighted by Crippen LogP contribution is 1.96. The number of alkyl halides is 1. The standard InChI is InChI=1S/C8H16ClNO4S/c1-14-8(11)7(9)6-10-4-3-5-15(2,12)13/h7,10H,3-6H2,1-2H3. The van der Waals surface area contributed by atoms with Gasteiger partial charge < -0.3 is 10.1 Å². The summed E-state index contributed by atoms with van der Waals surface area (Å²) in [4.78, 5) is 10.8. The number of methoxy groups -OCH3 is 1. The number of halogens is 1. The molecule has 1 atom stereocenters. The Labute approximate surface area is 95.0 Å². The Bertz CT molecular complexity index is 291. The molecule has 0 aliphatic heterocycles. The lowest BCUT2D eigenvalue weighted by molar-refractivity contribution is -0.140. The first-order valence-electron chi connectivity index (χ1n) is 4.47. The maximum absolute atomic E-state index is 10.8. The minimum Gasteiger partial charge on any atom is -0.468 e. The topological polar surface area (TPSA) is 72.5 Å². The van der Waals surface area contributed by atoms with Crippen molar-refractivity contribution in [1.29, 1.82) is 0 Å². The van der Waals surface area contributed by atoms with E-state index in [0.717, 1.165) is 0 Å². The highest BCUT2D eigenvalue weighted by molar-refractivity contribution is 7.90. The molecule has 0 bridgehead atoms.